The van der Waals surface area contributed by atoms with Crippen LogP contribution >= 0.6 is 0 Å². The number of Topliss-reactive ketones (excluding diaryl/α,β-unsaturated/α-hetero) is 1. The molecular weight excluding hydrogens is 218 g/mol. The number of rotatable bonds is 5. The number of carbonyl (C=O) groups excluding carboxylic acids is 1. The summed E-state index contributed by atoms with van der Waals surface area (Å²) < 4.78 is 6.77. The molecule has 0 amide bonds. The highest BCUT2D eigenvalue weighted by Gasteiger charge is 2.08. The summed E-state index contributed by atoms with van der Waals surface area (Å²) in [6.07, 6.45) is 5.14. The zero-order valence-corrected chi connectivity index (χ0v) is 10.0. The summed E-state index contributed by atoms with van der Waals surface area (Å²) in [7, 11) is 0. The minimum absolute atomic E-state index is 0.176. The van der Waals surface area contributed by atoms with E-state index in [4.69, 9.17) is 4.52 Å². The van der Waals surface area contributed by atoms with E-state index in [1.54, 1.807) is 6.92 Å². The third kappa shape index (κ3) is 2.81. The first-order chi connectivity index (χ1) is 8.19. The molecule has 2 aromatic heterocycles. The summed E-state index contributed by atoms with van der Waals surface area (Å²) in [6.45, 7) is 4.27. The molecule has 2 aromatic rings. The van der Waals surface area contributed by atoms with Crippen molar-refractivity contribution in [2.75, 3.05) is 0 Å². The van der Waals surface area contributed by atoms with Crippen LogP contribution in [0.3, 0.4) is 0 Å². The maximum Gasteiger partial charge on any atom is 0.223 e. The van der Waals surface area contributed by atoms with Crippen LogP contribution in [-0.4, -0.2) is 20.5 Å². The number of ketones is 1. The Morgan fingerprint density at radius 3 is 3.00 bits per heavy atom. The van der Waals surface area contributed by atoms with Crippen molar-refractivity contribution in [2.45, 2.75) is 33.2 Å². The van der Waals surface area contributed by atoms with Crippen LogP contribution in [0.4, 0.5) is 0 Å². The van der Waals surface area contributed by atoms with Crippen molar-refractivity contribution >= 4 is 5.78 Å². The summed E-state index contributed by atoms with van der Waals surface area (Å²) in [6, 6.07) is 1.82. The summed E-state index contributed by atoms with van der Waals surface area (Å²) in [4.78, 5) is 15.8. The average Bonchev–Trinajstić information content (AvgIpc) is 2.89. The highest BCUT2D eigenvalue weighted by atomic mass is 16.5. The lowest BCUT2D eigenvalue weighted by molar-refractivity contribution is 0.0981. The lowest BCUT2D eigenvalue weighted by atomic mass is 10.1. The molecule has 0 aliphatic rings. The van der Waals surface area contributed by atoms with Crippen molar-refractivity contribution in [2.24, 2.45) is 0 Å². The molecule has 0 aliphatic carbocycles. The van der Waals surface area contributed by atoms with Crippen molar-refractivity contribution < 1.29 is 9.32 Å². The molecule has 0 radical (unpaired) electrons. The standard InChI is InChI=1S/C12H15N3O2/c1-3-4-11(16)10-5-6-15(7-10)8-12-13-9(2)17-14-12/h5-7H,3-4,8H2,1-2H3. The van der Waals surface area contributed by atoms with Gasteiger partial charge in [0.2, 0.25) is 5.89 Å². The first kappa shape index (κ1) is 11.6. The van der Waals surface area contributed by atoms with E-state index in [0.717, 1.165) is 12.0 Å². The Morgan fingerprint density at radius 2 is 2.35 bits per heavy atom. The Labute approximate surface area is 99.4 Å². The maximum absolute atomic E-state index is 11.7. The smallest absolute Gasteiger partial charge is 0.223 e. The molecule has 0 aromatic carbocycles. The van der Waals surface area contributed by atoms with Gasteiger partial charge in [-0.05, 0) is 12.5 Å². The number of aryl methyl sites for hydroxylation is 1. The number of hydrogen-bond acceptors (Lipinski definition) is 4. The van der Waals surface area contributed by atoms with Crippen LogP contribution in [0.15, 0.2) is 23.0 Å². The van der Waals surface area contributed by atoms with Gasteiger partial charge >= 0.3 is 0 Å². The van der Waals surface area contributed by atoms with Crippen LogP contribution in [0.1, 0.15) is 41.8 Å². The Balaban J connectivity index is 2.06. The SMILES string of the molecule is CCCC(=O)c1ccn(Cc2noc(C)n2)c1. The normalized spacial score (nSPS) is 10.7. The molecule has 90 valence electrons. The molecule has 2 rings (SSSR count). The highest BCUT2D eigenvalue weighted by molar-refractivity contribution is 5.95. The molecule has 0 atom stereocenters. The molecule has 0 aliphatic heterocycles. The largest absolute Gasteiger partial charge is 0.346 e. The van der Waals surface area contributed by atoms with Crippen LogP contribution in [0, 0.1) is 6.92 Å². The van der Waals surface area contributed by atoms with E-state index in [2.05, 4.69) is 10.1 Å². The number of hydrogen-bond donors (Lipinski definition) is 0. The van der Waals surface area contributed by atoms with Crippen molar-refractivity contribution in [3.63, 3.8) is 0 Å². The highest BCUT2D eigenvalue weighted by Crippen LogP contribution is 2.08. The number of carbonyl (C=O) groups is 1. The van der Waals surface area contributed by atoms with Crippen LogP contribution in [0.2, 0.25) is 0 Å². The second-order valence-electron chi connectivity index (χ2n) is 3.98. The molecule has 5 heteroatoms. The van der Waals surface area contributed by atoms with E-state index < -0.39 is 0 Å². The predicted molar refractivity (Wildman–Crippen MR) is 61.8 cm³/mol. The van der Waals surface area contributed by atoms with Gasteiger partial charge in [0, 0.05) is 31.3 Å². The van der Waals surface area contributed by atoms with Gasteiger partial charge in [0.25, 0.3) is 0 Å². The van der Waals surface area contributed by atoms with Crippen LogP contribution < -0.4 is 0 Å². The molecule has 5 nitrogen and oxygen atoms in total. The number of aromatic nitrogens is 3. The van der Waals surface area contributed by atoms with Crippen molar-refractivity contribution in [3.8, 4) is 0 Å². The van der Waals surface area contributed by atoms with Gasteiger partial charge in [-0.1, -0.05) is 12.1 Å². The average molecular weight is 233 g/mol. The first-order valence-corrected chi connectivity index (χ1v) is 5.67. The van der Waals surface area contributed by atoms with E-state index >= 15 is 0 Å². The van der Waals surface area contributed by atoms with E-state index in [1.165, 1.54) is 0 Å². The second-order valence-corrected chi connectivity index (χ2v) is 3.98. The predicted octanol–water partition coefficient (Wildman–Crippen LogP) is 2.21. The first-order valence-electron chi connectivity index (χ1n) is 5.67. The second kappa shape index (κ2) is 4.95. The van der Waals surface area contributed by atoms with Crippen molar-refractivity contribution in [1.82, 2.24) is 14.7 Å². The summed E-state index contributed by atoms with van der Waals surface area (Å²) in [5.41, 5.74) is 0.743. The lowest BCUT2D eigenvalue weighted by Crippen LogP contribution is -2.00. The van der Waals surface area contributed by atoms with Gasteiger partial charge in [0.05, 0.1) is 6.54 Å². The summed E-state index contributed by atoms with van der Waals surface area (Å²) >= 11 is 0. The minimum atomic E-state index is 0.176. The maximum atomic E-state index is 11.7. The van der Waals surface area contributed by atoms with Gasteiger partial charge in [0.1, 0.15) is 0 Å². The molecule has 0 bridgehead atoms. The van der Waals surface area contributed by atoms with E-state index in [1.807, 2.05) is 30.0 Å². The minimum Gasteiger partial charge on any atom is -0.346 e. The van der Waals surface area contributed by atoms with Crippen LogP contribution in [0.25, 0.3) is 0 Å². The third-order valence-corrected chi connectivity index (χ3v) is 2.44. The fourth-order valence-corrected chi connectivity index (χ4v) is 1.64. The van der Waals surface area contributed by atoms with Gasteiger partial charge in [0.15, 0.2) is 11.6 Å². The molecule has 0 spiro atoms. The van der Waals surface area contributed by atoms with Crippen molar-refractivity contribution in [3.05, 3.63) is 35.7 Å². The summed E-state index contributed by atoms with van der Waals surface area (Å²) in [5.74, 6) is 1.34. The zero-order chi connectivity index (χ0) is 12.3. The van der Waals surface area contributed by atoms with E-state index in [0.29, 0.717) is 24.7 Å². The van der Waals surface area contributed by atoms with Gasteiger partial charge in [-0.3, -0.25) is 4.79 Å². The topological polar surface area (TPSA) is 60.9 Å². The molecule has 2 heterocycles. The molecule has 0 fully saturated rings. The van der Waals surface area contributed by atoms with Gasteiger partial charge in [-0.25, -0.2) is 0 Å². The van der Waals surface area contributed by atoms with E-state index in [9.17, 15) is 4.79 Å². The van der Waals surface area contributed by atoms with E-state index in [-0.39, 0.29) is 5.78 Å². The Hall–Kier alpha value is -1.91. The van der Waals surface area contributed by atoms with Crippen LogP contribution in [-0.2, 0) is 6.54 Å². The van der Waals surface area contributed by atoms with Gasteiger partial charge in [-0.2, -0.15) is 4.98 Å². The molecule has 0 saturated heterocycles. The molecule has 0 unspecified atom stereocenters. The van der Waals surface area contributed by atoms with Gasteiger partial charge in [-0.15, -0.1) is 0 Å². The molecule has 17 heavy (non-hydrogen) atoms. The zero-order valence-electron chi connectivity index (χ0n) is 10.0. The van der Waals surface area contributed by atoms with Crippen molar-refractivity contribution in [1.29, 1.82) is 0 Å². The Kier molecular flexibility index (Phi) is 3.37. The Morgan fingerprint density at radius 1 is 1.53 bits per heavy atom. The molecular formula is C12H15N3O2. The van der Waals surface area contributed by atoms with Crippen LogP contribution in [0.5, 0.6) is 0 Å². The van der Waals surface area contributed by atoms with Gasteiger partial charge < -0.3 is 9.09 Å². The fourth-order valence-electron chi connectivity index (χ4n) is 1.64. The molecule has 0 N–H and O–H groups in total. The lowest BCUT2D eigenvalue weighted by Gasteiger charge is -1.96. The number of nitrogens with zero attached hydrogens (tertiary/aromatic N) is 3. The monoisotopic (exact) mass is 233 g/mol. The quantitative estimate of drug-likeness (QED) is 0.743. The fraction of sp³-hybridized carbons (Fsp3) is 0.417. The summed E-state index contributed by atoms with van der Waals surface area (Å²) in [5, 5.41) is 3.81. The molecule has 0 saturated carbocycles. The third-order valence-electron chi connectivity index (χ3n) is 2.44. The Bertz CT molecular complexity index is 513.